The summed E-state index contributed by atoms with van der Waals surface area (Å²) in [5.74, 6) is 0. The maximum Gasteiger partial charge on any atom is 0.501 e. The molecule has 2 N–H and O–H groups in total. The molecule has 0 spiro atoms. The number of hydrogen-bond acceptors (Lipinski definition) is 5. The van der Waals surface area contributed by atoms with E-state index in [1.165, 1.54) is 0 Å². The van der Waals surface area contributed by atoms with Crippen LogP contribution >= 0.6 is 0 Å². The van der Waals surface area contributed by atoms with Gasteiger partial charge in [-0.1, -0.05) is 0 Å². The highest BCUT2D eigenvalue weighted by Crippen LogP contribution is 2.28. The molecule has 0 aliphatic carbocycles. The van der Waals surface area contributed by atoms with Crippen LogP contribution in [0.4, 0.5) is 0 Å². The molecule has 3 heterocycles. The fraction of sp³-hybridized carbons (Fsp3) is 1.00. The van der Waals surface area contributed by atoms with Gasteiger partial charge in [-0.3, -0.25) is 4.90 Å². The van der Waals surface area contributed by atoms with Crippen molar-refractivity contribution in [3.63, 3.8) is 0 Å². The molecule has 3 saturated heterocycles. The molecule has 0 saturated carbocycles. The molecular formula is C12H26N2O3Si. The van der Waals surface area contributed by atoms with Gasteiger partial charge >= 0.3 is 8.80 Å². The average Bonchev–Trinajstić information content (AvgIpc) is 2.21. The van der Waals surface area contributed by atoms with Gasteiger partial charge in [-0.2, -0.15) is 0 Å². The number of nitrogens with zero attached hydrogens (tertiary/aromatic N) is 1. The van der Waals surface area contributed by atoms with Crippen LogP contribution in [0.1, 0.15) is 27.2 Å². The molecule has 0 unspecified atom stereocenters. The lowest BCUT2D eigenvalue weighted by Gasteiger charge is -2.45. The van der Waals surface area contributed by atoms with E-state index in [0.717, 1.165) is 32.1 Å². The summed E-state index contributed by atoms with van der Waals surface area (Å²) in [6.45, 7) is 9.89. The third-order valence-corrected chi connectivity index (χ3v) is 6.63. The van der Waals surface area contributed by atoms with Crippen LogP contribution in [0, 0.1) is 0 Å². The first-order valence-electron chi connectivity index (χ1n) is 6.99. The van der Waals surface area contributed by atoms with Gasteiger partial charge in [-0.15, -0.1) is 0 Å². The Morgan fingerprint density at radius 1 is 1.00 bits per heavy atom. The lowest BCUT2D eigenvalue weighted by Crippen LogP contribution is -2.61. The molecule has 2 bridgehead atoms. The summed E-state index contributed by atoms with van der Waals surface area (Å²) in [6.07, 6.45) is 1.43. The molecule has 5 nitrogen and oxygen atoms in total. The molecule has 0 amide bonds. The van der Waals surface area contributed by atoms with E-state index < -0.39 is 8.80 Å². The van der Waals surface area contributed by atoms with Crippen LogP contribution in [0.3, 0.4) is 0 Å². The molecule has 0 aromatic heterocycles. The minimum Gasteiger partial charge on any atom is -0.369 e. The van der Waals surface area contributed by atoms with E-state index in [4.69, 9.17) is 19.0 Å². The quantitative estimate of drug-likeness (QED) is 0.772. The van der Waals surface area contributed by atoms with E-state index in [1.807, 2.05) is 0 Å². The molecule has 0 aromatic carbocycles. The Morgan fingerprint density at radius 2 is 1.44 bits per heavy atom. The number of hydrogen-bond donors (Lipinski definition) is 1. The summed E-state index contributed by atoms with van der Waals surface area (Å²) in [5, 5.41) is 0. The average molecular weight is 274 g/mol. The topological polar surface area (TPSA) is 57.0 Å². The first-order valence-corrected chi connectivity index (χ1v) is 8.92. The Labute approximate surface area is 111 Å². The molecule has 3 aliphatic heterocycles. The second kappa shape index (κ2) is 5.98. The van der Waals surface area contributed by atoms with Crippen molar-refractivity contribution in [2.45, 2.75) is 51.5 Å². The smallest absolute Gasteiger partial charge is 0.369 e. The van der Waals surface area contributed by atoms with Crippen LogP contribution in [0.15, 0.2) is 0 Å². The van der Waals surface area contributed by atoms with E-state index >= 15 is 0 Å². The van der Waals surface area contributed by atoms with Gasteiger partial charge in [-0.05, 0) is 33.7 Å². The maximum absolute atomic E-state index is 6.19. The van der Waals surface area contributed by atoms with Crippen molar-refractivity contribution in [2.24, 2.45) is 5.73 Å². The fourth-order valence-electron chi connectivity index (χ4n) is 2.92. The van der Waals surface area contributed by atoms with Gasteiger partial charge in [0.25, 0.3) is 0 Å². The summed E-state index contributed by atoms with van der Waals surface area (Å²) in [4.78, 5) is 2.38. The van der Waals surface area contributed by atoms with E-state index in [0.29, 0.717) is 6.54 Å². The molecule has 0 aromatic rings. The van der Waals surface area contributed by atoms with Crippen LogP contribution in [-0.4, -0.2) is 58.2 Å². The van der Waals surface area contributed by atoms with Gasteiger partial charge < -0.3 is 19.0 Å². The van der Waals surface area contributed by atoms with Gasteiger partial charge in [0, 0.05) is 25.7 Å². The van der Waals surface area contributed by atoms with Crippen LogP contribution in [0.25, 0.3) is 0 Å². The first-order chi connectivity index (χ1) is 8.53. The minimum atomic E-state index is -2.54. The zero-order valence-electron chi connectivity index (χ0n) is 11.7. The van der Waals surface area contributed by atoms with Crippen molar-refractivity contribution < 1.29 is 13.3 Å². The molecule has 3 atom stereocenters. The summed E-state index contributed by atoms with van der Waals surface area (Å²) in [6, 6.07) is 0.836. The van der Waals surface area contributed by atoms with E-state index in [2.05, 4.69) is 25.7 Å². The standard InChI is InChI=1S/C12H26N2O3Si/c1-10-7-14-8-11(2)16-18(15-10,6-4-5-13)17-12(3)9-14/h10-12H,4-9,13H2,1-3H3/t10-,11-,12+/m1/s1. The Bertz CT molecular complexity index is 244. The highest BCUT2D eigenvalue weighted by atomic mass is 28.4. The molecule has 3 rings (SSSR count). The number of nitrogens with two attached hydrogens (primary N) is 1. The second-order valence-electron chi connectivity index (χ2n) is 5.58. The van der Waals surface area contributed by atoms with Crippen molar-refractivity contribution in [1.82, 2.24) is 4.90 Å². The Kier molecular flexibility index (Phi) is 4.79. The summed E-state index contributed by atoms with van der Waals surface area (Å²) >= 11 is 0. The van der Waals surface area contributed by atoms with Crippen molar-refractivity contribution in [1.29, 1.82) is 0 Å². The van der Waals surface area contributed by atoms with Crippen LogP contribution in [-0.2, 0) is 13.3 Å². The monoisotopic (exact) mass is 274 g/mol. The number of rotatable bonds is 3. The van der Waals surface area contributed by atoms with Crippen LogP contribution in [0.2, 0.25) is 6.04 Å². The Balaban J connectivity index is 2.18. The predicted molar refractivity (Wildman–Crippen MR) is 72.3 cm³/mol. The third-order valence-electron chi connectivity index (χ3n) is 3.38. The molecule has 3 aliphatic rings. The van der Waals surface area contributed by atoms with Crippen LogP contribution < -0.4 is 5.73 Å². The van der Waals surface area contributed by atoms with E-state index in [-0.39, 0.29) is 18.3 Å². The summed E-state index contributed by atoms with van der Waals surface area (Å²) in [7, 11) is -2.54. The van der Waals surface area contributed by atoms with Gasteiger partial charge in [0.1, 0.15) is 0 Å². The molecule has 3 fully saturated rings. The largest absolute Gasteiger partial charge is 0.501 e. The minimum absolute atomic E-state index is 0.175. The highest BCUT2D eigenvalue weighted by Gasteiger charge is 2.48. The predicted octanol–water partition coefficient (Wildman–Crippen LogP) is 0.819. The van der Waals surface area contributed by atoms with E-state index in [1.54, 1.807) is 0 Å². The fourth-order valence-corrected chi connectivity index (χ4v) is 6.14. The lowest BCUT2D eigenvalue weighted by molar-refractivity contribution is -0.0790. The van der Waals surface area contributed by atoms with Crippen molar-refractivity contribution >= 4 is 8.80 Å². The summed E-state index contributed by atoms with van der Waals surface area (Å²) in [5.41, 5.74) is 5.63. The van der Waals surface area contributed by atoms with Crippen molar-refractivity contribution in [2.75, 3.05) is 26.2 Å². The molecule has 106 valence electrons. The summed E-state index contributed by atoms with van der Waals surface area (Å²) < 4.78 is 18.6. The zero-order valence-corrected chi connectivity index (χ0v) is 12.7. The van der Waals surface area contributed by atoms with Gasteiger partial charge in [0.15, 0.2) is 0 Å². The van der Waals surface area contributed by atoms with Crippen molar-refractivity contribution in [3.05, 3.63) is 0 Å². The second-order valence-corrected chi connectivity index (χ2v) is 8.15. The van der Waals surface area contributed by atoms with Crippen molar-refractivity contribution in [3.8, 4) is 0 Å². The molecule has 0 radical (unpaired) electrons. The first kappa shape index (κ1) is 14.4. The number of fused-ring (bicyclic) bond motifs is 6. The van der Waals surface area contributed by atoms with E-state index in [9.17, 15) is 0 Å². The SMILES string of the molecule is C[C@@H]1CN2C[C@@H](C)O[Si](CCCN)(O1)O[C@@H](C)C2. The molecular weight excluding hydrogens is 248 g/mol. The zero-order chi connectivity index (χ0) is 13.2. The highest BCUT2D eigenvalue weighted by molar-refractivity contribution is 6.60. The molecule has 6 heteroatoms. The third kappa shape index (κ3) is 3.52. The Hall–Kier alpha value is 0.0169. The lowest BCUT2D eigenvalue weighted by atomic mass is 10.2. The molecule has 18 heavy (non-hydrogen) atoms. The Morgan fingerprint density at radius 3 is 1.83 bits per heavy atom. The normalized spacial score (nSPS) is 45.3. The van der Waals surface area contributed by atoms with Crippen LogP contribution in [0.5, 0.6) is 0 Å². The van der Waals surface area contributed by atoms with Gasteiger partial charge in [0.05, 0.1) is 18.3 Å². The van der Waals surface area contributed by atoms with Gasteiger partial charge in [-0.25, -0.2) is 0 Å². The maximum atomic E-state index is 6.19. The van der Waals surface area contributed by atoms with Gasteiger partial charge in [0.2, 0.25) is 0 Å².